The van der Waals surface area contributed by atoms with Gasteiger partial charge in [0.25, 0.3) is 11.7 Å². The third-order valence-electron chi connectivity index (χ3n) is 5.23. The number of ketones is 1. The van der Waals surface area contributed by atoms with Crippen molar-refractivity contribution in [3.05, 3.63) is 79.5 Å². The molecule has 1 atom stereocenters. The topological polar surface area (TPSA) is 76.1 Å². The number of Topliss-reactive ketones (excluding diaryl/α,β-unsaturated/α-hetero) is 1. The van der Waals surface area contributed by atoms with Crippen molar-refractivity contribution >= 4 is 57.7 Å². The molecule has 11 heteroatoms. The van der Waals surface area contributed by atoms with Crippen molar-refractivity contribution in [1.29, 1.82) is 0 Å². The molecular formula is C23H15Cl2F2NO5S. The van der Waals surface area contributed by atoms with E-state index < -0.39 is 35.1 Å². The molecule has 176 valence electrons. The normalized spacial score (nSPS) is 17.4. The number of anilines is 1. The third kappa shape index (κ3) is 3.79. The number of rotatable bonds is 5. The molecule has 0 spiro atoms. The molecule has 1 aliphatic rings. The van der Waals surface area contributed by atoms with Gasteiger partial charge in [-0.3, -0.25) is 14.5 Å². The van der Waals surface area contributed by atoms with Gasteiger partial charge < -0.3 is 14.6 Å². The fourth-order valence-corrected chi connectivity index (χ4v) is 5.25. The Morgan fingerprint density at radius 3 is 2.35 bits per heavy atom. The van der Waals surface area contributed by atoms with Crippen LogP contribution in [-0.4, -0.2) is 31.0 Å². The van der Waals surface area contributed by atoms with Crippen LogP contribution in [0.15, 0.2) is 47.4 Å². The number of benzene rings is 2. The minimum Gasteiger partial charge on any atom is -0.507 e. The van der Waals surface area contributed by atoms with Crippen LogP contribution in [0, 0.1) is 11.6 Å². The molecule has 4 rings (SSSR count). The monoisotopic (exact) mass is 525 g/mol. The van der Waals surface area contributed by atoms with E-state index in [1.54, 1.807) is 17.5 Å². The number of aliphatic hydroxyl groups is 1. The highest BCUT2D eigenvalue weighted by Gasteiger charge is 2.48. The molecule has 34 heavy (non-hydrogen) atoms. The number of nitrogens with zero attached hydrogens (tertiary/aromatic N) is 1. The summed E-state index contributed by atoms with van der Waals surface area (Å²) in [5, 5.41) is 13.0. The zero-order valence-corrected chi connectivity index (χ0v) is 19.9. The van der Waals surface area contributed by atoms with Gasteiger partial charge in [0.15, 0.2) is 23.1 Å². The summed E-state index contributed by atoms with van der Waals surface area (Å²) in [7, 11) is 2.64. The first-order valence-corrected chi connectivity index (χ1v) is 11.2. The van der Waals surface area contributed by atoms with Crippen LogP contribution in [0.5, 0.6) is 11.5 Å². The van der Waals surface area contributed by atoms with E-state index in [1.165, 1.54) is 37.7 Å². The molecule has 1 fully saturated rings. The molecule has 1 aliphatic heterocycles. The van der Waals surface area contributed by atoms with Crippen molar-refractivity contribution in [2.75, 3.05) is 19.1 Å². The van der Waals surface area contributed by atoms with Crippen LogP contribution in [0.4, 0.5) is 14.5 Å². The van der Waals surface area contributed by atoms with E-state index in [0.717, 1.165) is 17.0 Å². The summed E-state index contributed by atoms with van der Waals surface area (Å²) in [4.78, 5) is 27.7. The number of hydrogen-bond donors (Lipinski definition) is 1. The first kappa shape index (κ1) is 24.0. The molecule has 2 aromatic carbocycles. The number of hydrogen-bond acceptors (Lipinski definition) is 6. The van der Waals surface area contributed by atoms with Crippen molar-refractivity contribution in [2.45, 2.75) is 6.04 Å². The average molecular weight is 526 g/mol. The van der Waals surface area contributed by atoms with Crippen LogP contribution in [0.3, 0.4) is 0 Å². The lowest BCUT2D eigenvalue weighted by Gasteiger charge is -2.24. The summed E-state index contributed by atoms with van der Waals surface area (Å²) in [6.45, 7) is 0. The maximum Gasteiger partial charge on any atom is 0.300 e. The molecule has 6 nitrogen and oxygen atoms in total. The van der Waals surface area contributed by atoms with E-state index >= 15 is 0 Å². The van der Waals surface area contributed by atoms with Gasteiger partial charge in [-0.25, -0.2) is 8.78 Å². The predicted molar refractivity (Wildman–Crippen MR) is 125 cm³/mol. The van der Waals surface area contributed by atoms with Crippen LogP contribution < -0.4 is 14.4 Å². The summed E-state index contributed by atoms with van der Waals surface area (Å²) in [6, 6.07) is 6.32. The van der Waals surface area contributed by atoms with Gasteiger partial charge in [0.2, 0.25) is 0 Å². The number of thiophene rings is 1. The summed E-state index contributed by atoms with van der Waals surface area (Å²) < 4.78 is 38.0. The lowest BCUT2D eigenvalue weighted by atomic mass is 9.99. The number of methoxy groups -OCH3 is 2. The SMILES string of the molecule is COc1c(Cl)cc(/C(O)=C2/C(=O)C(=O)N(c3ccc(F)c(F)c3)C2c2cccs2)c(OC)c1Cl. The Balaban J connectivity index is 1.99. The zero-order valence-electron chi connectivity index (χ0n) is 17.6. The van der Waals surface area contributed by atoms with Crippen molar-refractivity contribution < 1.29 is 33.0 Å². The molecule has 1 N–H and O–H groups in total. The summed E-state index contributed by atoms with van der Waals surface area (Å²) in [5.41, 5.74) is -0.410. The van der Waals surface area contributed by atoms with E-state index in [-0.39, 0.29) is 38.4 Å². The second-order valence-corrected chi connectivity index (χ2v) is 8.83. The van der Waals surface area contributed by atoms with Gasteiger partial charge in [-0.15, -0.1) is 11.3 Å². The van der Waals surface area contributed by atoms with E-state index in [1.807, 2.05) is 0 Å². The molecule has 3 aromatic rings. The highest BCUT2D eigenvalue weighted by atomic mass is 35.5. The quantitative estimate of drug-likeness (QED) is 0.252. The predicted octanol–water partition coefficient (Wildman–Crippen LogP) is 5.98. The number of carbonyl (C=O) groups is 2. The molecule has 1 unspecified atom stereocenters. The van der Waals surface area contributed by atoms with Crippen molar-refractivity contribution in [1.82, 2.24) is 0 Å². The van der Waals surface area contributed by atoms with Gasteiger partial charge in [0.05, 0.1) is 30.4 Å². The lowest BCUT2D eigenvalue weighted by Crippen LogP contribution is -2.29. The molecule has 1 aromatic heterocycles. The lowest BCUT2D eigenvalue weighted by molar-refractivity contribution is -0.132. The van der Waals surface area contributed by atoms with Gasteiger partial charge in [0.1, 0.15) is 16.8 Å². The Labute approximate surface area is 206 Å². The maximum atomic E-state index is 14.0. The van der Waals surface area contributed by atoms with E-state index in [0.29, 0.717) is 4.88 Å². The number of aliphatic hydroxyl groups excluding tert-OH is 1. The fraction of sp³-hybridized carbons (Fsp3) is 0.130. The number of ether oxygens (including phenoxy) is 2. The van der Waals surface area contributed by atoms with Crippen LogP contribution in [0.25, 0.3) is 5.76 Å². The first-order chi connectivity index (χ1) is 16.2. The molecule has 2 heterocycles. The van der Waals surface area contributed by atoms with E-state index in [9.17, 15) is 23.5 Å². The summed E-state index contributed by atoms with van der Waals surface area (Å²) in [6.07, 6.45) is 0. The third-order valence-corrected chi connectivity index (χ3v) is 6.78. The van der Waals surface area contributed by atoms with E-state index in [4.69, 9.17) is 32.7 Å². The molecular weight excluding hydrogens is 511 g/mol. The fourth-order valence-electron chi connectivity index (χ4n) is 3.74. The van der Waals surface area contributed by atoms with Gasteiger partial charge in [-0.1, -0.05) is 29.3 Å². The summed E-state index contributed by atoms with van der Waals surface area (Å²) >= 11 is 13.8. The maximum absolute atomic E-state index is 14.0. The van der Waals surface area contributed by atoms with Gasteiger partial charge in [0, 0.05) is 16.6 Å². The summed E-state index contributed by atoms with van der Waals surface area (Å²) in [5.74, 6) is -4.93. The molecule has 0 bridgehead atoms. The number of amides is 1. The molecule has 0 radical (unpaired) electrons. The largest absolute Gasteiger partial charge is 0.507 e. The number of halogens is 4. The van der Waals surface area contributed by atoms with Crippen LogP contribution in [-0.2, 0) is 9.59 Å². The Morgan fingerprint density at radius 2 is 1.76 bits per heavy atom. The van der Waals surface area contributed by atoms with Crippen molar-refractivity contribution in [3.63, 3.8) is 0 Å². The van der Waals surface area contributed by atoms with Crippen molar-refractivity contribution in [2.24, 2.45) is 0 Å². The average Bonchev–Trinajstić information content (AvgIpc) is 3.42. The van der Waals surface area contributed by atoms with Crippen molar-refractivity contribution in [3.8, 4) is 11.5 Å². The van der Waals surface area contributed by atoms with Gasteiger partial charge in [-0.05, 0) is 29.6 Å². The van der Waals surface area contributed by atoms with Crippen LogP contribution >= 0.6 is 34.5 Å². The molecule has 1 amide bonds. The number of carbonyl (C=O) groups excluding carboxylic acids is 2. The smallest absolute Gasteiger partial charge is 0.300 e. The highest BCUT2D eigenvalue weighted by molar-refractivity contribution is 7.10. The van der Waals surface area contributed by atoms with E-state index in [2.05, 4.69) is 0 Å². The Bertz CT molecular complexity index is 1340. The standard InChI is InChI=1S/C23H15Cl2F2NO5S/c1-32-21-11(9-12(24)22(33-2)17(21)25)19(29)16-18(15-4-3-7-34-15)28(23(31)20(16)30)10-5-6-13(26)14(27)8-10/h3-9,18,29H,1-2H3/b19-16-. The molecule has 0 saturated carbocycles. The van der Waals surface area contributed by atoms with Gasteiger partial charge in [-0.2, -0.15) is 0 Å². The minimum absolute atomic E-state index is 0.0253. The first-order valence-electron chi connectivity index (χ1n) is 9.61. The molecule has 1 saturated heterocycles. The zero-order chi connectivity index (χ0) is 24.7. The second-order valence-electron chi connectivity index (χ2n) is 7.07. The molecule has 0 aliphatic carbocycles. The van der Waals surface area contributed by atoms with Crippen LogP contribution in [0.1, 0.15) is 16.5 Å². The Morgan fingerprint density at radius 1 is 1.06 bits per heavy atom. The Kier molecular flexibility index (Phi) is 6.53. The van der Waals surface area contributed by atoms with Crippen LogP contribution in [0.2, 0.25) is 10.0 Å². The Hall–Kier alpha value is -3.14. The van der Waals surface area contributed by atoms with Gasteiger partial charge >= 0.3 is 0 Å². The highest BCUT2D eigenvalue weighted by Crippen LogP contribution is 2.48. The minimum atomic E-state index is -1.19. The second kappa shape index (κ2) is 9.25.